The average molecular weight is 526 g/mol. The Morgan fingerprint density at radius 1 is 1.22 bits per heavy atom. The van der Waals surface area contributed by atoms with Crippen molar-refractivity contribution in [3.63, 3.8) is 0 Å². The highest BCUT2D eigenvalue weighted by molar-refractivity contribution is 6.06. The summed E-state index contributed by atoms with van der Waals surface area (Å²) in [5, 5.41) is 17.7. The molecule has 2 heterocycles. The number of benzene rings is 1. The van der Waals surface area contributed by atoms with Crippen molar-refractivity contribution in [2.45, 2.75) is 85.7 Å². The Morgan fingerprint density at radius 3 is 2.49 bits per heavy atom. The van der Waals surface area contributed by atoms with Gasteiger partial charge in [0, 0.05) is 12.7 Å². The van der Waals surface area contributed by atoms with Crippen molar-refractivity contribution >= 4 is 11.7 Å². The number of aliphatic hydroxyl groups excluding tert-OH is 1. The van der Waals surface area contributed by atoms with E-state index in [1.54, 1.807) is 10.7 Å². The highest BCUT2D eigenvalue weighted by Gasteiger charge is 2.33. The summed E-state index contributed by atoms with van der Waals surface area (Å²) < 4.78 is 53.4. The number of aromatic nitrogens is 2. The maximum absolute atomic E-state index is 13.5. The van der Waals surface area contributed by atoms with Crippen molar-refractivity contribution < 1.29 is 32.5 Å². The average Bonchev–Trinajstić information content (AvgIpc) is 3.39. The first-order valence-electron chi connectivity index (χ1n) is 12.5. The number of nitrogens with zero attached hydrogens (tertiary/aromatic N) is 2. The van der Waals surface area contributed by atoms with Gasteiger partial charge < -0.3 is 19.9 Å². The van der Waals surface area contributed by atoms with Crippen LogP contribution in [0, 0.1) is 10.8 Å². The summed E-state index contributed by atoms with van der Waals surface area (Å²) in [6, 6.07) is 4.49. The van der Waals surface area contributed by atoms with Crippen LogP contribution < -0.4 is 10.1 Å². The lowest BCUT2D eigenvalue weighted by atomic mass is 9.90. The molecule has 1 aromatic carbocycles. The Hall–Kier alpha value is -2.59. The number of carbonyl (C=O) groups excluding carboxylic acids is 1. The van der Waals surface area contributed by atoms with E-state index in [0.29, 0.717) is 25.4 Å². The quantitative estimate of drug-likeness (QED) is 0.461. The second kappa shape index (κ2) is 11.0. The summed E-state index contributed by atoms with van der Waals surface area (Å²) in [6.07, 6.45) is -3.13. The third-order valence-electron chi connectivity index (χ3n) is 6.13. The third-order valence-corrected chi connectivity index (χ3v) is 6.13. The molecule has 1 saturated heterocycles. The van der Waals surface area contributed by atoms with Crippen LogP contribution >= 0.6 is 0 Å². The van der Waals surface area contributed by atoms with E-state index in [-0.39, 0.29) is 29.4 Å². The van der Waals surface area contributed by atoms with Crippen LogP contribution in [0.5, 0.6) is 5.75 Å². The number of aliphatic hydroxyl groups is 1. The highest BCUT2D eigenvalue weighted by Crippen LogP contribution is 2.34. The van der Waals surface area contributed by atoms with Gasteiger partial charge in [-0.3, -0.25) is 4.79 Å². The minimum Gasteiger partial charge on any atom is -0.490 e. The van der Waals surface area contributed by atoms with Gasteiger partial charge in [-0.2, -0.15) is 18.3 Å². The largest absolute Gasteiger partial charge is 0.490 e. The monoisotopic (exact) mass is 525 g/mol. The summed E-state index contributed by atoms with van der Waals surface area (Å²) in [6.45, 7) is 12.6. The van der Waals surface area contributed by atoms with E-state index in [1.807, 2.05) is 20.8 Å². The molecular weight excluding hydrogens is 487 g/mol. The summed E-state index contributed by atoms with van der Waals surface area (Å²) in [7, 11) is 0. The van der Waals surface area contributed by atoms with Crippen LogP contribution in [-0.2, 0) is 23.9 Å². The van der Waals surface area contributed by atoms with Gasteiger partial charge in [0.15, 0.2) is 0 Å². The molecule has 0 aliphatic carbocycles. The zero-order valence-electron chi connectivity index (χ0n) is 22.4. The molecule has 0 radical (unpaired) electrons. The van der Waals surface area contributed by atoms with Crippen LogP contribution in [0.4, 0.5) is 19.0 Å². The number of carbonyl (C=O) groups is 1. The second-order valence-corrected chi connectivity index (χ2v) is 11.9. The van der Waals surface area contributed by atoms with Gasteiger partial charge in [0.1, 0.15) is 18.2 Å². The zero-order chi connectivity index (χ0) is 27.6. The number of halogens is 3. The Bertz CT molecular complexity index is 1080. The molecule has 2 atom stereocenters. The number of anilines is 1. The molecule has 1 fully saturated rings. The van der Waals surface area contributed by atoms with Crippen LogP contribution in [0.3, 0.4) is 0 Å². The fourth-order valence-electron chi connectivity index (χ4n) is 3.93. The van der Waals surface area contributed by atoms with Crippen LogP contribution in [0.15, 0.2) is 24.3 Å². The molecule has 1 aromatic heterocycles. The molecule has 2 N–H and O–H groups in total. The molecular formula is C27H38F3N3O4. The molecule has 7 nitrogen and oxygen atoms in total. The van der Waals surface area contributed by atoms with Gasteiger partial charge in [0.2, 0.25) is 0 Å². The molecule has 10 heteroatoms. The Kier molecular flexibility index (Phi) is 8.64. The molecule has 2 aromatic rings. The topological polar surface area (TPSA) is 85.6 Å². The van der Waals surface area contributed by atoms with Gasteiger partial charge in [-0.15, -0.1) is 0 Å². The molecule has 3 rings (SSSR count). The smallest absolute Gasteiger partial charge is 0.416 e. The molecule has 0 bridgehead atoms. The molecule has 0 unspecified atom stereocenters. The van der Waals surface area contributed by atoms with Crippen LogP contribution in [0.1, 0.15) is 76.0 Å². The Balaban J connectivity index is 1.92. The maximum Gasteiger partial charge on any atom is 0.416 e. The van der Waals surface area contributed by atoms with Crippen LogP contribution in [0.25, 0.3) is 0 Å². The van der Waals surface area contributed by atoms with E-state index in [0.717, 1.165) is 36.7 Å². The molecule has 0 saturated carbocycles. The predicted octanol–water partition coefficient (Wildman–Crippen LogP) is 5.71. The SMILES string of the molecule is CC(C)(C)Cc1cc(NC(=O)c2cc(C(F)(F)F)ccc2OC[C@@H](O)C(C)(C)C)n(C[C@H]2CCCO2)n1. The maximum atomic E-state index is 13.5. The van der Waals surface area contributed by atoms with E-state index in [1.165, 1.54) is 0 Å². The van der Waals surface area contributed by atoms with Gasteiger partial charge >= 0.3 is 6.18 Å². The number of ether oxygens (including phenoxy) is 2. The predicted molar refractivity (Wildman–Crippen MR) is 135 cm³/mol. The van der Waals surface area contributed by atoms with Gasteiger partial charge in [-0.05, 0) is 48.3 Å². The molecule has 206 valence electrons. The van der Waals surface area contributed by atoms with E-state index >= 15 is 0 Å². The minimum atomic E-state index is -4.64. The number of hydrogen-bond donors (Lipinski definition) is 2. The summed E-state index contributed by atoms with van der Waals surface area (Å²) in [4.78, 5) is 13.3. The van der Waals surface area contributed by atoms with Crippen molar-refractivity contribution in [2.24, 2.45) is 10.8 Å². The summed E-state index contributed by atoms with van der Waals surface area (Å²) >= 11 is 0. The first-order valence-corrected chi connectivity index (χ1v) is 12.5. The van der Waals surface area contributed by atoms with Crippen LogP contribution in [0.2, 0.25) is 0 Å². The van der Waals surface area contributed by atoms with Gasteiger partial charge in [-0.25, -0.2) is 4.68 Å². The standard InChI is InChI=1S/C27H38F3N3O4/c1-25(2,3)14-18-13-23(33(32-18)15-19-8-7-11-36-19)31-24(35)20-12-17(27(28,29)30)9-10-21(20)37-16-22(34)26(4,5)6/h9-10,12-13,19,22,34H,7-8,11,14-16H2,1-6H3,(H,31,35)/t19-,22-/m1/s1. The Labute approximate surface area is 216 Å². The van der Waals surface area contributed by atoms with Crippen LogP contribution in [-0.4, -0.2) is 46.2 Å². The lowest BCUT2D eigenvalue weighted by Crippen LogP contribution is -2.32. The Morgan fingerprint density at radius 2 is 1.92 bits per heavy atom. The molecule has 1 amide bonds. The first-order chi connectivity index (χ1) is 17.0. The van der Waals surface area contributed by atoms with E-state index in [9.17, 15) is 23.1 Å². The third kappa shape index (κ3) is 8.20. The zero-order valence-corrected chi connectivity index (χ0v) is 22.4. The molecule has 1 aliphatic rings. The second-order valence-electron chi connectivity index (χ2n) is 11.9. The summed E-state index contributed by atoms with van der Waals surface area (Å²) in [5.74, 6) is -0.436. The normalized spacial score (nSPS) is 17.6. The number of nitrogens with one attached hydrogen (secondary N) is 1. The van der Waals surface area contributed by atoms with Gasteiger partial charge in [-0.1, -0.05) is 41.5 Å². The molecule has 0 spiro atoms. The molecule has 37 heavy (non-hydrogen) atoms. The highest BCUT2D eigenvalue weighted by atomic mass is 19.4. The van der Waals surface area contributed by atoms with E-state index in [2.05, 4.69) is 31.2 Å². The van der Waals surface area contributed by atoms with Crippen molar-refractivity contribution in [2.75, 3.05) is 18.5 Å². The summed E-state index contributed by atoms with van der Waals surface area (Å²) in [5.41, 5.74) is -1.05. The molecule has 1 aliphatic heterocycles. The number of amides is 1. The van der Waals surface area contributed by atoms with Gasteiger partial charge in [0.05, 0.1) is 35.6 Å². The van der Waals surface area contributed by atoms with Gasteiger partial charge in [0.25, 0.3) is 5.91 Å². The fraction of sp³-hybridized carbons (Fsp3) is 0.630. The fourth-order valence-corrected chi connectivity index (χ4v) is 3.93. The number of hydrogen-bond acceptors (Lipinski definition) is 5. The van der Waals surface area contributed by atoms with E-state index < -0.39 is 29.2 Å². The van der Waals surface area contributed by atoms with Crippen molar-refractivity contribution in [3.8, 4) is 5.75 Å². The van der Waals surface area contributed by atoms with Crippen molar-refractivity contribution in [1.82, 2.24) is 9.78 Å². The number of alkyl halides is 3. The van der Waals surface area contributed by atoms with Crippen molar-refractivity contribution in [1.29, 1.82) is 0 Å². The lowest BCUT2D eigenvalue weighted by molar-refractivity contribution is -0.137. The first kappa shape index (κ1) is 29.0. The minimum absolute atomic E-state index is 0.0473. The lowest BCUT2D eigenvalue weighted by Gasteiger charge is -2.26. The van der Waals surface area contributed by atoms with E-state index in [4.69, 9.17) is 9.47 Å². The van der Waals surface area contributed by atoms with Crippen molar-refractivity contribution in [3.05, 3.63) is 41.1 Å². The number of rotatable bonds is 8.